The zero-order chi connectivity index (χ0) is 18.6. The molecule has 0 aromatic heterocycles. The van der Waals surface area contributed by atoms with Crippen LogP contribution in [0.25, 0.3) is 32.3 Å². The van der Waals surface area contributed by atoms with Crippen molar-refractivity contribution in [3.63, 3.8) is 0 Å². The number of benzene rings is 4. The average molecular weight is 342 g/mol. The van der Waals surface area contributed by atoms with Gasteiger partial charge in [-0.2, -0.15) is 10.5 Å². The van der Waals surface area contributed by atoms with Gasteiger partial charge < -0.3 is 0 Å². The highest BCUT2D eigenvalue weighted by Gasteiger charge is 2.26. The summed E-state index contributed by atoms with van der Waals surface area (Å²) in [6.07, 6.45) is 0. The predicted octanol–water partition coefficient (Wildman–Crippen LogP) is 4.14. The molecule has 26 heavy (non-hydrogen) atoms. The van der Waals surface area contributed by atoms with E-state index < -0.39 is 9.85 Å². The van der Waals surface area contributed by atoms with E-state index in [0.717, 1.165) is 6.07 Å². The Morgan fingerprint density at radius 2 is 1.08 bits per heavy atom. The molecule has 0 spiro atoms. The van der Waals surface area contributed by atoms with Crippen LogP contribution in [0.15, 0.2) is 36.4 Å². The Balaban J connectivity index is 2.42. The summed E-state index contributed by atoms with van der Waals surface area (Å²) in [5, 5.41) is 43.9. The molecule has 0 aliphatic heterocycles. The van der Waals surface area contributed by atoms with Crippen LogP contribution in [0.1, 0.15) is 11.1 Å². The second kappa shape index (κ2) is 5.10. The fourth-order valence-electron chi connectivity index (χ4n) is 3.44. The topological polar surface area (TPSA) is 134 Å². The standard InChI is InChI=1S/C18H6N4O4/c19-7-9-5-10(8-20)12-2-4-14-16(22(25)26)6-15(21(23)24)13-3-1-11(9)17(12)18(13)14/h1-6H. The SMILES string of the molecule is N#Cc1cc(C#N)c2ccc3c([N+](=O)[O-])cc([N+](=O)[O-])c4ccc1c2c43. The molecule has 4 rings (SSSR count). The highest BCUT2D eigenvalue weighted by molar-refractivity contribution is 6.28. The minimum absolute atomic E-state index is 0.229. The highest BCUT2D eigenvalue weighted by Crippen LogP contribution is 2.44. The quantitative estimate of drug-likeness (QED) is 0.305. The zero-order valence-electron chi connectivity index (χ0n) is 12.9. The molecule has 0 saturated heterocycles. The van der Waals surface area contributed by atoms with Crippen molar-refractivity contribution in [1.29, 1.82) is 10.5 Å². The van der Waals surface area contributed by atoms with Crippen LogP contribution in [-0.2, 0) is 0 Å². The van der Waals surface area contributed by atoms with E-state index >= 15 is 0 Å². The van der Waals surface area contributed by atoms with Crippen LogP contribution in [0.3, 0.4) is 0 Å². The molecule has 0 amide bonds. The fourth-order valence-corrected chi connectivity index (χ4v) is 3.44. The maximum atomic E-state index is 11.4. The first kappa shape index (κ1) is 15.2. The van der Waals surface area contributed by atoms with Gasteiger partial charge in [0.05, 0.1) is 50.0 Å². The Kier molecular flexibility index (Phi) is 2.99. The molecule has 0 N–H and O–H groups in total. The number of non-ortho nitro benzene ring substituents is 2. The molecular weight excluding hydrogens is 336 g/mol. The molecule has 0 saturated carbocycles. The summed E-state index contributed by atoms with van der Waals surface area (Å²) in [5.74, 6) is 0. The van der Waals surface area contributed by atoms with Gasteiger partial charge in [-0.3, -0.25) is 20.2 Å². The van der Waals surface area contributed by atoms with Gasteiger partial charge in [-0.25, -0.2) is 0 Å². The van der Waals surface area contributed by atoms with Gasteiger partial charge in [0.25, 0.3) is 11.4 Å². The van der Waals surface area contributed by atoms with Crippen LogP contribution < -0.4 is 0 Å². The van der Waals surface area contributed by atoms with E-state index in [4.69, 9.17) is 0 Å². The molecule has 0 radical (unpaired) electrons. The molecule has 8 nitrogen and oxygen atoms in total. The van der Waals surface area contributed by atoms with Crippen LogP contribution >= 0.6 is 0 Å². The third-order valence-electron chi connectivity index (χ3n) is 4.49. The van der Waals surface area contributed by atoms with E-state index in [0.29, 0.717) is 21.5 Å². The van der Waals surface area contributed by atoms with Gasteiger partial charge in [0, 0.05) is 21.5 Å². The van der Waals surface area contributed by atoms with Crippen LogP contribution in [0, 0.1) is 42.9 Å². The summed E-state index contributed by atoms with van der Waals surface area (Å²) in [7, 11) is 0. The summed E-state index contributed by atoms with van der Waals surface area (Å²) in [4.78, 5) is 21.6. The van der Waals surface area contributed by atoms with Gasteiger partial charge in [-0.05, 0) is 18.2 Å². The maximum absolute atomic E-state index is 11.4. The van der Waals surface area contributed by atoms with E-state index in [9.17, 15) is 30.8 Å². The van der Waals surface area contributed by atoms with E-state index in [-0.39, 0.29) is 33.3 Å². The van der Waals surface area contributed by atoms with E-state index in [1.807, 2.05) is 12.1 Å². The second-order valence-corrected chi connectivity index (χ2v) is 5.70. The average Bonchev–Trinajstić information content (AvgIpc) is 2.64. The zero-order valence-corrected chi connectivity index (χ0v) is 12.9. The molecule has 0 bridgehead atoms. The van der Waals surface area contributed by atoms with Crippen molar-refractivity contribution >= 4 is 43.7 Å². The van der Waals surface area contributed by atoms with Gasteiger partial charge in [-0.15, -0.1) is 0 Å². The number of nitrogens with zero attached hydrogens (tertiary/aromatic N) is 4. The third-order valence-corrected chi connectivity index (χ3v) is 4.49. The molecule has 0 fully saturated rings. The van der Waals surface area contributed by atoms with Gasteiger partial charge in [0.15, 0.2) is 0 Å². The van der Waals surface area contributed by atoms with Crippen molar-refractivity contribution < 1.29 is 9.85 Å². The van der Waals surface area contributed by atoms with E-state index in [1.165, 1.54) is 18.2 Å². The first-order valence-corrected chi connectivity index (χ1v) is 7.35. The van der Waals surface area contributed by atoms with Crippen LogP contribution in [0.2, 0.25) is 0 Å². The Morgan fingerprint density at radius 1 is 0.692 bits per heavy atom. The molecule has 122 valence electrons. The fraction of sp³-hybridized carbons (Fsp3) is 0. The van der Waals surface area contributed by atoms with E-state index in [1.54, 1.807) is 12.1 Å². The Morgan fingerprint density at radius 3 is 1.46 bits per heavy atom. The molecule has 4 aromatic rings. The number of hydrogen-bond acceptors (Lipinski definition) is 6. The van der Waals surface area contributed by atoms with Crippen molar-refractivity contribution in [2.45, 2.75) is 0 Å². The Hall–Kier alpha value is -4.30. The minimum atomic E-state index is -0.671. The third kappa shape index (κ3) is 1.81. The summed E-state index contributed by atoms with van der Waals surface area (Å²) < 4.78 is 0. The summed E-state index contributed by atoms with van der Waals surface area (Å²) in [5.41, 5.74) is -0.311. The van der Waals surface area contributed by atoms with Crippen molar-refractivity contribution in [1.82, 2.24) is 0 Å². The molecule has 0 atom stereocenters. The first-order valence-electron chi connectivity index (χ1n) is 7.35. The smallest absolute Gasteiger partial charge is 0.258 e. The maximum Gasteiger partial charge on any atom is 0.284 e. The van der Waals surface area contributed by atoms with Crippen molar-refractivity contribution in [3.8, 4) is 12.1 Å². The monoisotopic (exact) mass is 342 g/mol. The number of hydrogen-bond donors (Lipinski definition) is 0. The van der Waals surface area contributed by atoms with E-state index in [2.05, 4.69) is 0 Å². The molecule has 0 heterocycles. The molecular formula is C18H6N4O4. The molecule has 0 unspecified atom stereocenters. The Labute approximate surface area is 144 Å². The lowest BCUT2D eigenvalue weighted by Crippen LogP contribution is -1.98. The van der Waals surface area contributed by atoms with Crippen LogP contribution in [-0.4, -0.2) is 9.85 Å². The number of rotatable bonds is 2. The van der Waals surface area contributed by atoms with Gasteiger partial charge in [0.1, 0.15) is 0 Å². The molecule has 4 aromatic carbocycles. The molecule has 0 aliphatic carbocycles. The first-order chi connectivity index (χ1) is 12.5. The summed E-state index contributed by atoms with van der Waals surface area (Å²) >= 11 is 0. The number of nitriles is 2. The molecule has 8 heteroatoms. The van der Waals surface area contributed by atoms with Gasteiger partial charge >= 0.3 is 0 Å². The lowest BCUT2D eigenvalue weighted by atomic mass is 9.89. The van der Waals surface area contributed by atoms with Gasteiger partial charge in [0.2, 0.25) is 0 Å². The predicted molar refractivity (Wildman–Crippen MR) is 92.9 cm³/mol. The summed E-state index contributed by atoms with van der Waals surface area (Å²) in [6.45, 7) is 0. The minimum Gasteiger partial charge on any atom is -0.258 e. The Bertz CT molecular complexity index is 1270. The highest BCUT2D eigenvalue weighted by atomic mass is 16.6. The van der Waals surface area contributed by atoms with Crippen LogP contribution in [0.4, 0.5) is 11.4 Å². The van der Waals surface area contributed by atoms with Crippen molar-refractivity contribution in [2.75, 3.05) is 0 Å². The summed E-state index contributed by atoms with van der Waals surface area (Å²) in [6, 6.07) is 12.5. The number of nitro groups is 2. The van der Waals surface area contributed by atoms with Crippen molar-refractivity contribution in [2.24, 2.45) is 0 Å². The van der Waals surface area contributed by atoms with Gasteiger partial charge in [-0.1, -0.05) is 12.1 Å². The van der Waals surface area contributed by atoms with Crippen LogP contribution in [0.5, 0.6) is 0 Å². The lowest BCUT2D eigenvalue weighted by molar-refractivity contribution is -0.392. The normalized spacial score (nSPS) is 10.8. The number of nitro benzene ring substituents is 2. The second-order valence-electron chi connectivity index (χ2n) is 5.70. The largest absolute Gasteiger partial charge is 0.284 e. The van der Waals surface area contributed by atoms with Crippen molar-refractivity contribution in [3.05, 3.63) is 67.8 Å². The lowest BCUT2D eigenvalue weighted by Gasteiger charge is -2.13. The molecule has 0 aliphatic rings.